The molecule has 0 spiro atoms. The van der Waals surface area contributed by atoms with Gasteiger partial charge in [-0.15, -0.1) is 0 Å². The summed E-state index contributed by atoms with van der Waals surface area (Å²) < 4.78 is 10.9. The average molecular weight is 397 g/mol. The summed E-state index contributed by atoms with van der Waals surface area (Å²) in [5.41, 5.74) is 0.693. The molecule has 29 heavy (non-hydrogen) atoms. The molecule has 0 aliphatic carbocycles. The highest BCUT2D eigenvalue weighted by Crippen LogP contribution is 2.19. The molecule has 2 fully saturated rings. The maximum absolute atomic E-state index is 12.8. The maximum Gasteiger partial charge on any atom is 0.253 e. The highest BCUT2D eigenvalue weighted by atomic mass is 16.5. The first-order valence-corrected chi connectivity index (χ1v) is 10.2. The van der Waals surface area contributed by atoms with Crippen LogP contribution in [0.2, 0.25) is 0 Å². The third-order valence-corrected chi connectivity index (χ3v) is 5.23. The topological polar surface area (TPSA) is 71.0 Å². The summed E-state index contributed by atoms with van der Waals surface area (Å²) in [5, 5.41) is 0. The number of hydrogen-bond acceptors (Lipinski definition) is 7. The summed E-state index contributed by atoms with van der Waals surface area (Å²) in [7, 11) is 0. The van der Waals surface area contributed by atoms with E-state index in [4.69, 9.17) is 14.5 Å². The van der Waals surface area contributed by atoms with Gasteiger partial charge in [0.25, 0.3) is 5.91 Å². The summed E-state index contributed by atoms with van der Waals surface area (Å²) in [4.78, 5) is 28.2. The minimum absolute atomic E-state index is 0.0596. The lowest BCUT2D eigenvalue weighted by atomic mass is 10.1. The van der Waals surface area contributed by atoms with E-state index in [0.717, 1.165) is 43.7 Å². The fourth-order valence-corrected chi connectivity index (χ4v) is 3.61. The predicted molar refractivity (Wildman–Crippen MR) is 111 cm³/mol. The van der Waals surface area contributed by atoms with E-state index in [1.807, 2.05) is 48.4 Å². The van der Waals surface area contributed by atoms with E-state index >= 15 is 0 Å². The van der Waals surface area contributed by atoms with E-state index in [0.29, 0.717) is 38.5 Å². The smallest absolute Gasteiger partial charge is 0.253 e. The van der Waals surface area contributed by atoms with Crippen LogP contribution in [0.25, 0.3) is 0 Å². The zero-order valence-electron chi connectivity index (χ0n) is 16.8. The minimum Gasteiger partial charge on any atom is -0.494 e. The first-order chi connectivity index (χ1) is 14.2. The SMILES string of the molecule is CCOc1ccc(C(=O)N2CCN(c3ccnc(N4CCOCC4)n3)CC2)cc1. The molecule has 1 aromatic carbocycles. The van der Waals surface area contributed by atoms with Crippen LogP contribution in [-0.2, 0) is 4.74 Å². The van der Waals surface area contributed by atoms with Crippen LogP contribution in [0.1, 0.15) is 17.3 Å². The van der Waals surface area contributed by atoms with Crippen molar-refractivity contribution in [3.63, 3.8) is 0 Å². The van der Waals surface area contributed by atoms with E-state index in [2.05, 4.69) is 14.8 Å². The van der Waals surface area contributed by atoms with Gasteiger partial charge in [-0.05, 0) is 37.3 Å². The van der Waals surface area contributed by atoms with Crippen molar-refractivity contribution in [1.29, 1.82) is 0 Å². The molecular formula is C21H27N5O3. The Morgan fingerprint density at radius 1 is 1.00 bits per heavy atom. The average Bonchev–Trinajstić information content (AvgIpc) is 2.80. The molecular weight excluding hydrogens is 370 g/mol. The fourth-order valence-electron chi connectivity index (χ4n) is 3.61. The van der Waals surface area contributed by atoms with Gasteiger partial charge in [-0.2, -0.15) is 4.98 Å². The van der Waals surface area contributed by atoms with Gasteiger partial charge >= 0.3 is 0 Å². The monoisotopic (exact) mass is 397 g/mol. The first kappa shape index (κ1) is 19.4. The Labute approximate surface area is 171 Å². The molecule has 2 aliphatic rings. The number of ether oxygens (including phenoxy) is 2. The van der Waals surface area contributed by atoms with Crippen molar-refractivity contribution in [3.8, 4) is 5.75 Å². The molecule has 3 heterocycles. The van der Waals surface area contributed by atoms with Gasteiger partial charge in [0.2, 0.25) is 5.95 Å². The Bertz CT molecular complexity index is 815. The maximum atomic E-state index is 12.8. The Balaban J connectivity index is 1.36. The van der Waals surface area contributed by atoms with Crippen molar-refractivity contribution in [2.45, 2.75) is 6.92 Å². The molecule has 0 saturated carbocycles. The minimum atomic E-state index is 0.0596. The van der Waals surface area contributed by atoms with Crippen molar-refractivity contribution >= 4 is 17.7 Å². The molecule has 2 aliphatic heterocycles. The summed E-state index contributed by atoms with van der Waals surface area (Å²) in [6, 6.07) is 9.30. The van der Waals surface area contributed by atoms with E-state index in [1.165, 1.54) is 0 Å². The number of aromatic nitrogens is 2. The number of benzene rings is 1. The van der Waals surface area contributed by atoms with Gasteiger partial charge in [0.05, 0.1) is 19.8 Å². The van der Waals surface area contributed by atoms with Gasteiger partial charge in [0.15, 0.2) is 0 Å². The normalized spacial score (nSPS) is 17.3. The van der Waals surface area contributed by atoms with Crippen molar-refractivity contribution < 1.29 is 14.3 Å². The van der Waals surface area contributed by atoms with Crippen LogP contribution < -0.4 is 14.5 Å². The van der Waals surface area contributed by atoms with Crippen LogP contribution in [0.15, 0.2) is 36.5 Å². The second-order valence-electron chi connectivity index (χ2n) is 7.05. The Kier molecular flexibility index (Phi) is 6.09. The van der Waals surface area contributed by atoms with E-state index in [1.54, 1.807) is 0 Å². The summed E-state index contributed by atoms with van der Waals surface area (Å²) in [6.07, 6.45) is 1.81. The Hall–Kier alpha value is -2.87. The molecule has 2 saturated heterocycles. The number of piperazine rings is 1. The van der Waals surface area contributed by atoms with Gasteiger partial charge < -0.3 is 24.2 Å². The van der Waals surface area contributed by atoms with Crippen molar-refractivity contribution in [3.05, 3.63) is 42.1 Å². The number of amides is 1. The highest BCUT2D eigenvalue weighted by Gasteiger charge is 2.24. The van der Waals surface area contributed by atoms with Gasteiger partial charge in [-0.3, -0.25) is 4.79 Å². The molecule has 0 unspecified atom stereocenters. The molecule has 0 radical (unpaired) electrons. The first-order valence-electron chi connectivity index (χ1n) is 10.2. The van der Waals surface area contributed by atoms with E-state index in [-0.39, 0.29) is 5.91 Å². The summed E-state index contributed by atoms with van der Waals surface area (Å²) in [6.45, 7) is 8.45. The van der Waals surface area contributed by atoms with Gasteiger partial charge in [0, 0.05) is 51.0 Å². The lowest BCUT2D eigenvalue weighted by Gasteiger charge is -2.36. The number of hydrogen-bond donors (Lipinski definition) is 0. The second-order valence-corrected chi connectivity index (χ2v) is 7.05. The standard InChI is InChI=1S/C21H27N5O3/c1-2-29-18-5-3-17(4-6-18)20(27)25-11-9-24(10-12-25)19-7-8-22-21(23-19)26-13-15-28-16-14-26/h3-8H,2,9-16H2,1H3. The van der Waals surface area contributed by atoms with Crippen molar-refractivity contribution in [1.82, 2.24) is 14.9 Å². The largest absolute Gasteiger partial charge is 0.494 e. The summed E-state index contributed by atoms with van der Waals surface area (Å²) >= 11 is 0. The van der Waals surface area contributed by atoms with Gasteiger partial charge in [0.1, 0.15) is 11.6 Å². The van der Waals surface area contributed by atoms with Gasteiger partial charge in [-0.1, -0.05) is 0 Å². The zero-order chi connectivity index (χ0) is 20.1. The van der Waals surface area contributed by atoms with Crippen LogP contribution in [0.4, 0.5) is 11.8 Å². The molecule has 154 valence electrons. The number of morpholine rings is 1. The van der Waals surface area contributed by atoms with E-state index in [9.17, 15) is 4.79 Å². The zero-order valence-corrected chi connectivity index (χ0v) is 16.8. The third-order valence-electron chi connectivity index (χ3n) is 5.23. The Morgan fingerprint density at radius 3 is 2.41 bits per heavy atom. The molecule has 8 nitrogen and oxygen atoms in total. The number of anilines is 2. The molecule has 4 rings (SSSR count). The molecule has 0 bridgehead atoms. The van der Waals surface area contributed by atoms with Crippen LogP contribution in [-0.4, -0.2) is 79.9 Å². The Morgan fingerprint density at radius 2 is 1.72 bits per heavy atom. The van der Waals surface area contributed by atoms with Crippen LogP contribution in [0, 0.1) is 0 Å². The van der Waals surface area contributed by atoms with Crippen LogP contribution in [0.3, 0.4) is 0 Å². The molecule has 1 amide bonds. The third kappa shape index (κ3) is 4.59. The molecule has 8 heteroatoms. The lowest BCUT2D eigenvalue weighted by molar-refractivity contribution is 0.0746. The van der Waals surface area contributed by atoms with E-state index < -0.39 is 0 Å². The molecule has 2 aromatic rings. The number of nitrogens with zero attached hydrogens (tertiary/aromatic N) is 5. The fraction of sp³-hybridized carbons (Fsp3) is 0.476. The highest BCUT2D eigenvalue weighted by molar-refractivity contribution is 5.94. The summed E-state index contributed by atoms with van der Waals surface area (Å²) in [5.74, 6) is 2.51. The van der Waals surface area contributed by atoms with Crippen molar-refractivity contribution in [2.24, 2.45) is 0 Å². The molecule has 1 aromatic heterocycles. The quantitative estimate of drug-likeness (QED) is 0.760. The number of carbonyl (C=O) groups is 1. The van der Waals surface area contributed by atoms with Crippen molar-refractivity contribution in [2.75, 3.05) is 68.9 Å². The predicted octanol–water partition coefficient (Wildman–Crippen LogP) is 1.67. The second kappa shape index (κ2) is 9.09. The van der Waals surface area contributed by atoms with Crippen LogP contribution in [0.5, 0.6) is 5.75 Å². The molecule has 0 N–H and O–H groups in total. The van der Waals surface area contributed by atoms with Gasteiger partial charge in [-0.25, -0.2) is 4.98 Å². The molecule has 0 atom stereocenters. The van der Waals surface area contributed by atoms with Crippen LogP contribution >= 0.6 is 0 Å². The lowest BCUT2D eigenvalue weighted by Crippen LogP contribution is -2.49. The number of carbonyl (C=O) groups excluding carboxylic acids is 1. The number of rotatable bonds is 5.